The minimum absolute atomic E-state index is 0.0719. The van der Waals surface area contributed by atoms with Crippen molar-refractivity contribution in [3.63, 3.8) is 0 Å². The smallest absolute Gasteiger partial charge is 0.278 e. The molecule has 5 rings (SSSR count). The lowest BCUT2D eigenvalue weighted by Gasteiger charge is -2.31. The van der Waals surface area contributed by atoms with Crippen molar-refractivity contribution in [2.75, 3.05) is 13.1 Å². The van der Waals surface area contributed by atoms with Crippen LogP contribution in [0.5, 0.6) is 16.7 Å². The second-order valence-corrected chi connectivity index (χ2v) is 9.23. The summed E-state index contributed by atoms with van der Waals surface area (Å²) in [5.74, 6) is -0.886. The van der Waals surface area contributed by atoms with E-state index in [-0.39, 0.29) is 18.9 Å². The van der Waals surface area contributed by atoms with Gasteiger partial charge >= 0.3 is 0 Å². The SMILES string of the molecule is FC1(F)CCN(Cc2cnc(Oc3ccc4c(c3)CCC(c3ccccc3)O4)s2)CC1. The van der Waals surface area contributed by atoms with Crippen molar-refractivity contribution in [3.8, 4) is 16.7 Å². The van der Waals surface area contributed by atoms with Gasteiger partial charge in [-0.2, -0.15) is 0 Å². The summed E-state index contributed by atoms with van der Waals surface area (Å²) >= 11 is 1.46. The molecular weight excluding hydrogens is 418 g/mol. The summed E-state index contributed by atoms with van der Waals surface area (Å²) in [6.07, 6.45) is 3.57. The highest BCUT2D eigenvalue weighted by Gasteiger charge is 2.34. The predicted octanol–water partition coefficient (Wildman–Crippen LogP) is 6.23. The van der Waals surface area contributed by atoms with Gasteiger partial charge in [-0.15, -0.1) is 0 Å². The number of aromatic nitrogens is 1. The van der Waals surface area contributed by atoms with E-state index in [2.05, 4.69) is 17.1 Å². The number of ether oxygens (including phenoxy) is 2. The number of hydrogen-bond donors (Lipinski definition) is 0. The third-order valence-electron chi connectivity index (χ3n) is 5.85. The first kappa shape index (κ1) is 20.4. The minimum atomic E-state index is -2.52. The van der Waals surface area contributed by atoms with Gasteiger partial charge in [-0.3, -0.25) is 4.90 Å². The van der Waals surface area contributed by atoms with Crippen LogP contribution in [0.2, 0.25) is 0 Å². The first-order chi connectivity index (χ1) is 15.0. The van der Waals surface area contributed by atoms with E-state index < -0.39 is 5.92 Å². The van der Waals surface area contributed by atoms with Gasteiger partial charge in [0.15, 0.2) is 0 Å². The van der Waals surface area contributed by atoms with Gasteiger partial charge in [-0.1, -0.05) is 41.7 Å². The molecule has 0 amide bonds. The predicted molar refractivity (Wildman–Crippen MR) is 116 cm³/mol. The van der Waals surface area contributed by atoms with Crippen molar-refractivity contribution < 1.29 is 18.3 Å². The fourth-order valence-electron chi connectivity index (χ4n) is 4.10. The van der Waals surface area contributed by atoms with Gasteiger partial charge in [-0.25, -0.2) is 13.8 Å². The minimum Gasteiger partial charge on any atom is -0.485 e. The Kier molecular flexibility index (Phi) is 5.63. The molecule has 2 aliphatic heterocycles. The fraction of sp³-hybridized carbons (Fsp3) is 0.375. The Labute approximate surface area is 184 Å². The zero-order valence-electron chi connectivity index (χ0n) is 17.1. The molecule has 0 saturated carbocycles. The average Bonchev–Trinajstić information content (AvgIpc) is 3.22. The van der Waals surface area contributed by atoms with Crippen molar-refractivity contribution in [1.29, 1.82) is 0 Å². The molecule has 1 fully saturated rings. The highest BCUT2D eigenvalue weighted by Crippen LogP contribution is 2.38. The van der Waals surface area contributed by atoms with Crippen LogP contribution in [0.1, 0.15) is 41.4 Å². The number of nitrogens with zero attached hydrogens (tertiary/aromatic N) is 2. The highest BCUT2D eigenvalue weighted by molar-refractivity contribution is 7.13. The Morgan fingerprint density at radius 2 is 1.94 bits per heavy atom. The lowest BCUT2D eigenvalue weighted by Crippen LogP contribution is -2.38. The number of alkyl halides is 2. The summed E-state index contributed by atoms with van der Waals surface area (Å²) in [6.45, 7) is 1.46. The number of rotatable bonds is 5. The monoisotopic (exact) mass is 442 g/mol. The van der Waals surface area contributed by atoms with E-state index in [0.29, 0.717) is 24.8 Å². The van der Waals surface area contributed by atoms with Gasteiger partial charge in [0, 0.05) is 43.5 Å². The Morgan fingerprint density at radius 3 is 2.74 bits per heavy atom. The van der Waals surface area contributed by atoms with E-state index >= 15 is 0 Å². The van der Waals surface area contributed by atoms with Crippen LogP contribution in [0, 0.1) is 0 Å². The molecule has 3 aromatic rings. The maximum atomic E-state index is 13.3. The van der Waals surface area contributed by atoms with Crippen molar-refractivity contribution in [2.45, 2.75) is 44.3 Å². The van der Waals surface area contributed by atoms with E-state index in [9.17, 15) is 8.78 Å². The van der Waals surface area contributed by atoms with Crippen molar-refractivity contribution >= 4 is 11.3 Å². The average molecular weight is 443 g/mol. The van der Waals surface area contributed by atoms with Crippen LogP contribution in [-0.4, -0.2) is 28.9 Å². The van der Waals surface area contributed by atoms with Gasteiger partial charge in [0.1, 0.15) is 17.6 Å². The van der Waals surface area contributed by atoms with E-state index in [1.807, 2.05) is 41.3 Å². The standard InChI is InChI=1S/C24H24F2N2O2S/c25-24(26)10-12-28(13-11-24)16-20-15-27-23(31-20)29-19-7-9-22-18(14-19)6-8-21(30-22)17-4-2-1-3-5-17/h1-5,7,9,14-15,21H,6,8,10-13,16H2. The lowest BCUT2D eigenvalue weighted by atomic mass is 9.97. The van der Waals surface area contributed by atoms with E-state index in [1.54, 1.807) is 6.20 Å². The molecule has 1 atom stereocenters. The number of aryl methyl sites for hydroxylation is 1. The zero-order chi connectivity index (χ0) is 21.3. The molecule has 0 N–H and O–H groups in total. The third-order valence-corrected chi connectivity index (χ3v) is 6.71. The number of benzene rings is 2. The number of thiazole rings is 1. The third kappa shape index (κ3) is 4.88. The molecule has 4 nitrogen and oxygen atoms in total. The molecule has 2 aromatic carbocycles. The van der Waals surface area contributed by atoms with E-state index in [4.69, 9.17) is 9.47 Å². The summed E-state index contributed by atoms with van der Waals surface area (Å²) in [5, 5.41) is 0.566. The van der Waals surface area contributed by atoms with E-state index in [1.165, 1.54) is 16.9 Å². The van der Waals surface area contributed by atoms with Crippen LogP contribution in [0.3, 0.4) is 0 Å². The topological polar surface area (TPSA) is 34.6 Å². The van der Waals surface area contributed by atoms with Crippen LogP contribution < -0.4 is 9.47 Å². The van der Waals surface area contributed by atoms with E-state index in [0.717, 1.165) is 34.8 Å². The summed E-state index contributed by atoms with van der Waals surface area (Å²) in [4.78, 5) is 7.43. The maximum absolute atomic E-state index is 13.3. The van der Waals surface area contributed by atoms with Gasteiger partial charge in [0.2, 0.25) is 0 Å². The molecule has 2 aliphatic rings. The first-order valence-corrected chi connectivity index (χ1v) is 11.4. The van der Waals surface area contributed by atoms with Crippen molar-refractivity contribution in [1.82, 2.24) is 9.88 Å². The number of halogens is 2. The van der Waals surface area contributed by atoms with Gasteiger partial charge in [0.25, 0.3) is 11.1 Å². The first-order valence-electron chi connectivity index (χ1n) is 10.6. The molecule has 0 spiro atoms. The number of piperidine rings is 1. The normalized spacial score (nSPS) is 20.6. The molecule has 1 unspecified atom stereocenters. The largest absolute Gasteiger partial charge is 0.485 e. The fourth-order valence-corrected chi connectivity index (χ4v) is 4.92. The second-order valence-electron chi connectivity index (χ2n) is 8.15. The molecule has 0 aliphatic carbocycles. The molecule has 7 heteroatoms. The summed E-state index contributed by atoms with van der Waals surface area (Å²) in [6, 6.07) is 16.2. The van der Waals surface area contributed by atoms with Gasteiger partial charge in [0.05, 0.1) is 0 Å². The summed E-state index contributed by atoms with van der Waals surface area (Å²) in [5.41, 5.74) is 2.33. The summed E-state index contributed by atoms with van der Waals surface area (Å²) < 4.78 is 38.8. The quantitative estimate of drug-likeness (QED) is 0.469. The Bertz CT molecular complexity index is 1030. The highest BCUT2D eigenvalue weighted by atomic mass is 32.1. The molecule has 31 heavy (non-hydrogen) atoms. The Morgan fingerprint density at radius 1 is 1.13 bits per heavy atom. The molecule has 0 bridgehead atoms. The lowest BCUT2D eigenvalue weighted by molar-refractivity contribution is -0.0565. The Balaban J connectivity index is 1.20. The van der Waals surface area contributed by atoms with Crippen molar-refractivity contribution in [2.24, 2.45) is 0 Å². The van der Waals surface area contributed by atoms with Gasteiger partial charge in [-0.05, 0) is 42.2 Å². The molecule has 1 aromatic heterocycles. The zero-order valence-corrected chi connectivity index (χ0v) is 17.9. The number of likely N-dealkylation sites (tertiary alicyclic amines) is 1. The summed E-state index contributed by atoms with van der Waals surface area (Å²) in [7, 11) is 0. The maximum Gasteiger partial charge on any atom is 0.278 e. The molecular formula is C24H24F2N2O2S. The molecule has 162 valence electrons. The Hall–Kier alpha value is -2.51. The van der Waals surface area contributed by atoms with Gasteiger partial charge < -0.3 is 9.47 Å². The van der Waals surface area contributed by atoms with Crippen LogP contribution >= 0.6 is 11.3 Å². The van der Waals surface area contributed by atoms with Crippen LogP contribution in [0.4, 0.5) is 8.78 Å². The second kappa shape index (κ2) is 8.55. The number of hydrogen-bond acceptors (Lipinski definition) is 5. The number of fused-ring (bicyclic) bond motifs is 1. The van der Waals surface area contributed by atoms with Crippen LogP contribution in [-0.2, 0) is 13.0 Å². The molecule has 3 heterocycles. The molecule has 0 radical (unpaired) electrons. The molecule has 1 saturated heterocycles. The van der Waals surface area contributed by atoms with Crippen LogP contribution in [0.15, 0.2) is 54.7 Å². The van der Waals surface area contributed by atoms with Crippen molar-refractivity contribution in [3.05, 3.63) is 70.7 Å². The van der Waals surface area contributed by atoms with Crippen LogP contribution in [0.25, 0.3) is 0 Å².